The van der Waals surface area contributed by atoms with Gasteiger partial charge < -0.3 is 4.74 Å². The third-order valence-corrected chi connectivity index (χ3v) is 6.03. The van der Waals surface area contributed by atoms with Crippen LogP contribution >= 0.6 is 0 Å². The van der Waals surface area contributed by atoms with Gasteiger partial charge >= 0.3 is 6.09 Å². The number of benzene rings is 2. The van der Waals surface area contributed by atoms with Gasteiger partial charge in [0.05, 0.1) is 11.7 Å². The predicted molar refractivity (Wildman–Crippen MR) is 118 cm³/mol. The third kappa shape index (κ3) is 3.73. The number of amides is 1. The molecule has 2 bridgehead atoms. The van der Waals surface area contributed by atoms with E-state index in [1.54, 1.807) is 0 Å². The fraction of sp³-hybridized carbons (Fsp3) is 0.231. The number of nitrogens with zero attached hydrogens (tertiary/aromatic N) is 2. The van der Waals surface area contributed by atoms with Crippen molar-refractivity contribution >= 4 is 11.7 Å². The molecule has 150 valence electrons. The van der Waals surface area contributed by atoms with Crippen molar-refractivity contribution in [3.63, 3.8) is 0 Å². The molecule has 2 aliphatic heterocycles. The van der Waals surface area contributed by atoms with Gasteiger partial charge in [0.15, 0.2) is 0 Å². The summed E-state index contributed by atoms with van der Waals surface area (Å²) in [6.45, 7) is 0.321. The zero-order chi connectivity index (χ0) is 20.3. The highest BCUT2D eigenvalue weighted by molar-refractivity contribution is 5.76. The molecule has 4 heteroatoms. The molecule has 1 fully saturated rings. The van der Waals surface area contributed by atoms with Crippen LogP contribution in [0.5, 0.6) is 0 Å². The average Bonchev–Trinajstić information content (AvgIpc) is 3.08. The first-order valence-electron chi connectivity index (χ1n) is 10.5. The second-order valence-corrected chi connectivity index (χ2v) is 7.93. The Bertz CT molecular complexity index is 1050. The Morgan fingerprint density at radius 3 is 2.43 bits per heavy atom. The van der Waals surface area contributed by atoms with Gasteiger partial charge in [-0.3, -0.25) is 9.88 Å². The van der Waals surface area contributed by atoms with Gasteiger partial charge in [-0.1, -0.05) is 66.7 Å². The molecule has 3 heterocycles. The smallest absolute Gasteiger partial charge is 0.410 e. The summed E-state index contributed by atoms with van der Waals surface area (Å²) in [5.41, 5.74) is 5.66. The Hall–Kier alpha value is -3.40. The zero-order valence-electron chi connectivity index (χ0n) is 16.8. The van der Waals surface area contributed by atoms with Crippen LogP contribution in [0.3, 0.4) is 0 Å². The molecule has 1 saturated heterocycles. The van der Waals surface area contributed by atoms with Gasteiger partial charge in [-0.15, -0.1) is 0 Å². The zero-order valence-corrected chi connectivity index (χ0v) is 16.8. The van der Waals surface area contributed by atoms with E-state index < -0.39 is 0 Å². The van der Waals surface area contributed by atoms with Crippen molar-refractivity contribution in [1.29, 1.82) is 0 Å². The van der Waals surface area contributed by atoms with Crippen LogP contribution in [0.4, 0.5) is 4.79 Å². The topological polar surface area (TPSA) is 42.4 Å². The van der Waals surface area contributed by atoms with Gasteiger partial charge in [0.25, 0.3) is 0 Å². The van der Waals surface area contributed by atoms with E-state index in [4.69, 9.17) is 4.74 Å². The lowest BCUT2D eigenvalue weighted by Crippen LogP contribution is -2.43. The van der Waals surface area contributed by atoms with Crippen molar-refractivity contribution in [3.8, 4) is 11.3 Å². The van der Waals surface area contributed by atoms with E-state index in [0.717, 1.165) is 36.1 Å². The molecule has 1 aromatic heterocycles. The number of fused-ring (bicyclic) bond motifs is 2. The second-order valence-electron chi connectivity index (χ2n) is 7.93. The summed E-state index contributed by atoms with van der Waals surface area (Å²) < 4.78 is 5.60. The third-order valence-electron chi connectivity index (χ3n) is 6.03. The van der Waals surface area contributed by atoms with Crippen molar-refractivity contribution in [2.75, 3.05) is 0 Å². The molecule has 0 N–H and O–H groups in total. The Balaban J connectivity index is 1.28. The molecular weight excluding hydrogens is 372 g/mol. The van der Waals surface area contributed by atoms with E-state index in [1.807, 2.05) is 59.6 Å². The molecule has 30 heavy (non-hydrogen) atoms. The molecule has 2 aliphatic rings. The molecule has 5 rings (SSSR count). The quantitative estimate of drug-likeness (QED) is 0.568. The van der Waals surface area contributed by atoms with Crippen molar-refractivity contribution < 1.29 is 9.53 Å². The SMILES string of the molecule is O=C(OCc1ccccc1)N1C2C=C(c3ccc(-c4ccccn4)cc3)CC1CC2. The molecule has 3 aromatic rings. The van der Waals surface area contributed by atoms with Crippen LogP contribution in [0.25, 0.3) is 16.8 Å². The lowest BCUT2D eigenvalue weighted by molar-refractivity contribution is 0.0832. The molecule has 4 nitrogen and oxygen atoms in total. The summed E-state index contributed by atoms with van der Waals surface area (Å²) in [7, 11) is 0. The maximum atomic E-state index is 12.7. The van der Waals surface area contributed by atoms with E-state index in [9.17, 15) is 4.79 Å². The number of pyridine rings is 1. The van der Waals surface area contributed by atoms with E-state index in [2.05, 4.69) is 35.3 Å². The van der Waals surface area contributed by atoms with Gasteiger partial charge in [0.2, 0.25) is 0 Å². The predicted octanol–water partition coefficient (Wildman–Crippen LogP) is 5.71. The Morgan fingerprint density at radius 2 is 1.70 bits per heavy atom. The highest BCUT2D eigenvalue weighted by atomic mass is 16.6. The number of hydrogen-bond donors (Lipinski definition) is 0. The largest absolute Gasteiger partial charge is 0.445 e. The number of carbonyl (C=O) groups is 1. The van der Waals surface area contributed by atoms with Gasteiger partial charge in [0, 0.05) is 17.8 Å². The fourth-order valence-electron chi connectivity index (χ4n) is 4.51. The number of rotatable bonds is 4. The maximum Gasteiger partial charge on any atom is 0.410 e. The van der Waals surface area contributed by atoms with E-state index in [1.165, 1.54) is 11.1 Å². The molecule has 2 atom stereocenters. The van der Waals surface area contributed by atoms with Crippen molar-refractivity contribution in [1.82, 2.24) is 9.88 Å². The van der Waals surface area contributed by atoms with E-state index >= 15 is 0 Å². The first kappa shape index (κ1) is 18.6. The number of ether oxygens (including phenoxy) is 1. The van der Waals surface area contributed by atoms with Crippen molar-refractivity contribution in [2.24, 2.45) is 0 Å². The highest BCUT2D eigenvalue weighted by Gasteiger charge is 2.40. The van der Waals surface area contributed by atoms with Crippen LogP contribution in [0.1, 0.15) is 30.4 Å². The van der Waals surface area contributed by atoms with Crippen LogP contribution < -0.4 is 0 Å². The Kier molecular flexibility index (Phi) is 5.06. The minimum absolute atomic E-state index is 0.123. The normalized spacial score (nSPS) is 20.0. The average molecular weight is 396 g/mol. The highest BCUT2D eigenvalue weighted by Crippen LogP contribution is 2.39. The maximum absolute atomic E-state index is 12.7. The summed E-state index contributed by atoms with van der Waals surface area (Å²) in [4.78, 5) is 19.1. The van der Waals surface area contributed by atoms with Crippen LogP contribution in [-0.4, -0.2) is 28.1 Å². The van der Waals surface area contributed by atoms with Crippen LogP contribution in [-0.2, 0) is 11.3 Å². The minimum atomic E-state index is -0.202. The molecule has 0 saturated carbocycles. The molecule has 0 aliphatic carbocycles. The Morgan fingerprint density at radius 1 is 0.933 bits per heavy atom. The summed E-state index contributed by atoms with van der Waals surface area (Å²) in [5, 5.41) is 0. The van der Waals surface area contributed by atoms with Gasteiger partial charge in [-0.05, 0) is 48.1 Å². The lowest BCUT2D eigenvalue weighted by atomic mass is 9.94. The van der Waals surface area contributed by atoms with Gasteiger partial charge in [0.1, 0.15) is 6.61 Å². The summed E-state index contributed by atoms with van der Waals surface area (Å²) in [5.74, 6) is 0. The standard InChI is InChI=1S/C26H24N2O2/c29-26(30-18-19-6-2-1-3-7-19)28-23-13-14-24(28)17-22(16-23)20-9-11-21(12-10-20)25-8-4-5-15-27-25/h1-12,15-16,23-24H,13-14,17-18H2. The second kappa shape index (κ2) is 8.15. The molecule has 2 aromatic carbocycles. The molecule has 1 amide bonds. The van der Waals surface area contributed by atoms with Crippen LogP contribution in [0.2, 0.25) is 0 Å². The molecule has 0 spiro atoms. The molecule has 0 radical (unpaired) electrons. The molecular formula is C26H24N2O2. The Labute approximate surface area is 176 Å². The van der Waals surface area contributed by atoms with Crippen molar-refractivity contribution in [2.45, 2.75) is 38.0 Å². The summed E-state index contributed by atoms with van der Waals surface area (Å²) in [6, 6.07) is 24.7. The van der Waals surface area contributed by atoms with E-state index in [0.29, 0.717) is 6.61 Å². The first-order valence-corrected chi connectivity index (χ1v) is 10.5. The fourth-order valence-corrected chi connectivity index (χ4v) is 4.51. The number of aromatic nitrogens is 1. The minimum Gasteiger partial charge on any atom is -0.445 e. The molecule has 2 unspecified atom stereocenters. The first-order chi connectivity index (χ1) is 14.8. The summed E-state index contributed by atoms with van der Waals surface area (Å²) >= 11 is 0. The van der Waals surface area contributed by atoms with Crippen molar-refractivity contribution in [3.05, 3.63) is 96.2 Å². The van der Waals surface area contributed by atoms with E-state index in [-0.39, 0.29) is 18.2 Å². The number of hydrogen-bond acceptors (Lipinski definition) is 3. The lowest BCUT2D eigenvalue weighted by Gasteiger charge is -2.33. The van der Waals surface area contributed by atoms with Gasteiger partial charge in [-0.25, -0.2) is 4.79 Å². The van der Waals surface area contributed by atoms with Gasteiger partial charge in [-0.2, -0.15) is 0 Å². The summed E-state index contributed by atoms with van der Waals surface area (Å²) in [6.07, 6.45) is 6.77. The van der Waals surface area contributed by atoms with Crippen LogP contribution in [0.15, 0.2) is 85.1 Å². The number of carbonyl (C=O) groups excluding carboxylic acids is 1. The monoisotopic (exact) mass is 396 g/mol. The van der Waals surface area contributed by atoms with Crippen LogP contribution in [0, 0.1) is 0 Å².